The lowest BCUT2D eigenvalue weighted by atomic mass is 9.87. The third kappa shape index (κ3) is 4.64. The van der Waals surface area contributed by atoms with Crippen LogP contribution < -0.4 is 5.32 Å². The molecule has 1 fully saturated rings. The van der Waals surface area contributed by atoms with Gasteiger partial charge in [-0.25, -0.2) is 4.98 Å². The highest BCUT2D eigenvalue weighted by Crippen LogP contribution is 2.29. The van der Waals surface area contributed by atoms with Gasteiger partial charge in [-0.3, -0.25) is 4.79 Å². The smallest absolute Gasteiger partial charge is 0.251 e. The van der Waals surface area contributed by atoms with Gasteiger partial charge in [0.05, 0.1) is 17.1 Å². The molecule has 0 saturated heterocycles. The maximum atomic E-state index is 12.7. The fourth-order valence-corrected chi connectivity index (χ4v) is 4.52. The number of aromatic nitrogens is 2. The van der Waals surface area contributed by atoms with Crippen LogP contribution in [-0.2, 0) is 6.54 Å². The summed E-state index contributed by atoms with van der Waals surface area (Å²) in [6, 6.07) is 15.0. The van der Waals surface area contributed by atoms with Crippen molar-refractivity contribution < 1.29 is 4.79 Å². The first-order valence-electron chi connectivity index (χ1n) is 10.6. The van der Waals surface area contributed by atoms with Crippen molar-refractivity contribution in [3.8, 4) is 0 Å². The molecule has 0 bridgehead atoms. The fraction of sp³-hybridized carbons (Fsp3) is 0.417. The number of amides is 1. The molecule has 3 aromatic rings. The van der Waals surface area contributed by atoms with Crippen molar-refractivity contribution >= 4 is 28.5 Å². The highest BCUT2D eigenvalue weighted by molar-refractivity contribution is 6.30. The van der Waals surface area contributed by atoms with E-state index in [2.05, 4.69) is 22.0 Å². The summed E-state index contributed by atoms with van der Waals surface area (Å²) in [4.78, 5) is 17.5. The van der Waals surface area contributed by atoms with Gasteiger partial charge in [0.1, 0.15) is 5.82 Å². The molecule has 1 aromatic heterocycles. The summed E-state index contributed by atoms with van der Waals surface area (Å²) in [7, 11) is 0. The first-order valence-corrected chi connectivity index (χ1v) is 11.0. The van der Waals surface area contributed by atoms with Crippen molar-refractivity contribution in [3.63, 3.8) is 0 Å². The first kappa shape index (κ1) is 20.0. The van der Waals surface area contributed by atoms with Crippen LogP contribution in [0, 0.1) is 5.92 Å². The molecule has 1 aliphatic carbocycles. The molecule has 1 heterocycles. The molecule has 1 atom stereocenters. The second kappa shape index (κ2) is 9.00. The van der Waals surface area contributed by atoms with Crippen LogP contribution in [0.25, 0.3) is 11.0 Å². The summed E-state index contributed by atoms with van der Waals surface area (Å²) < 4.78 is 2.30. The minimum atomic E-state index is -0.183. The zero-order chi connectivity index (χ0) is 20.2. The van der Waals surface area contributed by atoms with Crippen LogP contribution in [0.15, 0.2) is 48.5 Å². The quantitative estimate of drug-likeness (QED) is 0.530. The highest BCUT2D eigenvalue weighted by Gasteiger charge is 2.20. The molecule has 0 radical (unpaired) electrons. The third-order valence-electron chi connectivity index (χ3n) is 6.01. The average molecular weight is 410 g/mol. The second-order valence-corrected chi connectivity index (χ2v) is 8.54. The summed E-state index contributed by atoms with van der Waals surface area (Å²) >= 11 is 5.94. The lowest BCUT2D eigenvalue weighted by Gasteiger charge is -2.23. The maximum Gasteiger partial charge on any atom is 0.251 e. The number of halogens is 1. The minimum Gasteiger partial charge on any atom is -0.342 e. The van der Waals surface area contributed by atoms with Gasteiger partial charge < -0.3 is 9.88 Å². The van der Waals surface area contributed by atoms with Crippen molar-refractivity contribution in [2.45, 2.75) is 58.0 Å². The molecule has 152 valence electrons. The Balaban J connectivity index is 1.54. The monoisotopic (exact) mass is 409 g/mol. The summed E-state index contributed by atoms with van der Waals surface area (Å²) in [5.41, 5.74) is 2.73. The molecule has 1 unspecified atom stereocenters. The van der Waals surface area contributed by atoms with E-state index in [1.807, 2.05) is 19.1 Å². The number of nitrogens with one attached hydrogen (secondary N) is 1. The summed E-state index contributed by atoms with van der Waals surface area (Å²) in [6.07, 6.45) is 7.94. The Kier molecular flexibility index (Phi) is 6.19. The number of fused-ring (bicyclic) bond motifs is 1. The molecule has 29 heavy (non-hydrogen) atoms. The van der Waals surface area contributed by atoms with Crippen LogP contribution in [-0.4, -0.2) is 15.5 Å². The largest absolute Gasteiger partial charge is 0.342 e. The van der Waals surface area contributed by atoms with E-state index < -0.39 is 0 Å². The highest BCUT2D eigenvalue weighted by atomic mass is 35.5. The Morgan fingerprint density at radius 2 is 1.86 bits per heavy atom. The van der Waals surface area contributed by atoms with Crippen molar-refractivity contribution in [3.05, 3.63) is 64.9 Å². The van der Waals surface area contributed by atoms with E-state index in [0.29, 0.717) is 10.6 Å². The van der Waals surface area contributed by atoms with Gasteiger partial charge in [-0.1, -0.05) is 55.8 Å². The van der Waals surface area contributed by atoms with Crippen LogP contribution in [0.5, 0.6) is 0 Å². The van der Waals surface area contributed by atoms with Gasteiger partial charge in [-0.15, -0.1) is 0 Å². The lowest BCUT2D eigenvalue weighted by molar-refractivity contribution is 0.0937. The fourth-order valence-electron chi connectivity index (χ4n) is 4.39. The van der Waals surface area contributed by atoms with E-state index in [4.69, 9.17) is 16.6 Å². The molecule has 1 amide bonds. The van der Waals surface area contributed by atoms with E-state index in [-0.39, 0.29) is 11.9 Å². The molecule has 5 heteroatoms. The van der Waals surface area contributed by atoms with Crippen LogP contribution in [0.3, 0.4) is 0 Å². The number of hydrogen-bond acceptors (Lipinski definition) is 2. The molecule has 1 N–H and O–H groups in total. The Morgan fingerprint density at radius 3 is 2.62 bits per heavy atom. The Hall–Kier alpha value is -2.33. The topological polar surface area (TPSA) is 46.9 Å². The maximum absolute atomic E-state index is 12.7. The van der Waals surface area contributed by atoms with Gasteiger partial charge >= 0.3 is 0 Å². The predicted molar refractivity (Wildman–Crippen MR) is 118 cm³/mol. The van der Waals surface area contributed by atoms with Gasteiger partial charge in [-0.05, 0) is 55.7 Å². The molecule has 1 aliphatic rings. The van der Waals surface area contributed by atoms with E-state index in [9.17, 15) is 4.79 Å². The molecule has 4 nitrogen and oxygen atoms in total. The first-order chi connectivity index (χ1) is 14.1. The Labute approximate surface area is 177 Å². The second-order valence-electron chi connectivity index (χ2n) is 8.11. The SMILES string of the molecule is CC(NC(=O)c1ccc(Cl)cc1)c1nc2ccccc2n1CCC1CCCCC1. The van der Waals surface area contributed by atoms with Crippen LogP contribution in [0.2, 0.25) is 5.02 Å². The number of benzene rings is 2. The van der Waals surface area contributed by atoms with E-state index in [1.54, 1.807) is 24.3 Å². The molecule has 4 rings (SSSR count). The van der Waals surface area contributed by atoms with Crippen molar-refractivity contribution in [1.82, 2.24) is 14.9 Å². The van der Waals surface area contributed by atoms with E-state index >= 15 is 0 Å². The minimum absolute atomic E-state index is 0.111. The zero-order valence-electron chi connectivity index (χ0n) is 16.9. The van der Waals surface area contributed by atoms with Crippen LogP contribution >= 0.6 is 11.6 Å². The summed E-state index contributed by atoms with van der Waals surface area (Å²) in [6.45, 7) is 2.95. The standard InChI is InChI=1S/C24H28ClN3O/c1-17(26-24(29)19-11-13-20(25)14-12-19)23-27-21-9-5-6-10-22(21)28(23)16-15-18-7-3-2-4-8-18/h5-6,9-14,17-18H,2-4,7-8,15-16H2,1H3,(H,26,29). The van der Waals surface area contributed by atoms with Gasteiger partial charge in [0.15, 0.2) is 0 Å². The zero-order valence-corrected chi connectivity index (χ0v) is 17.7. The van der Waals surface area contributed by atoms with Crippen molar-refractivity contribution in [2.75, 3.05) is 0 Å². The van der Waals surface area contributed by atoms with Gasteiger partial charge in [0.25, 0.3) is 5.91 Å². The number of imidazole rings is 1. The number of hydrogen-bond donors (Lipinski definition) is 1. The number of rotatable bonds is 6. The van der Waals surface area contributed by atoms with Crippen LogP contribution in [0.1, 0.15) is 67.7 Å². The third-order valence-corrected chi connectivity index (χ3v) is 6.26. The molecule has 1 saturated carbocycles. The molecule has 2 aromatic carbocycles. The number of carbonyl (C=O) groups excluding carboxylic acids is 1. The molecular weight excluding hydrogens is 382 g/mol. The van der Waals surface area contributed by atoms with Gasteiger partial charge in [0, 0.05) is 17.1 Å². The normalized spacial score (nSPS) is 16.1. The van der Waals surface area contributed by atoms with E-state index in [0.717, 1.165) is 29.3 Å². The molecular formula is C24H28ClN3O. The summed E-state index contributed by atoms with van der Waals surface area (Å²) in [5.74, 6) is 1.61. The van der Waals surface area contributed by atoms with E-state index in [1.165, 1.54) is 38.5 Å². The molecule has 0 aliphatic heterocycles. The summed E-state index contributed by atoms with van der Waals surface area (Å²) in [5, 5.41) is 3.73. The Morgan fingerprint density at radius 1 is 1.14 bits per heavy atom. The average Bonchev–Trinajstić information content (AvgIpc) is 3.12. The number of carbonyl (C=O) groups is 1. The van der Waals surface area contributed by atoms with Gasteiger partial charge in [0.2, 0.25) is 0 Å². The lowest BCUT2D eigenvalue weighted by Crippen LogP contribution is -2.29. The number of para-hydroxylation sites is 2. The van der Waals surface area contributed by atoms with Crippen molar-refractivity contribution in [2.24, 2.45) is 5.92 Å². The predicted octanol–water partition coefficient (Wildman–Crippen LogP) is 6.15. The van der Waals surface area contributed by atoms with Gasteiger partial charge in [-0.2, -0.15) is 0 Å². The van der Waals surface area contributed by atoms with Crippen molar-refractivity contribution in [1.29, 1.82) is 0 Å². The van der Waals surface area contributed by atoms with Crippen LogP contribution in [0.4, 0.5) is 0 Å². The number of aryl methyl sites for hydroxylation is 1. The molecule has 0 spiro atoms. The Bertz CT molecular complexity index is 973. The number of nitrogens with zero attached hydrogens (tertiary/aromatic N) is 2.